The van der Waals surface area contributed by atoms with E-state index in [-0.39, 0.29) is 11.9 Å². The predicted molar refractivity (Wildman–Crippen MR) is 84.1 cm³/mol. The van der Waals surface area contributed by atoms with Crippen LogP contribution in [0.25, 0.3) is 0 Å². The third-order valence-electron chi connectivity index (χ3n) is 3.77. The molecule has 116 valence electrons. The van der Waals surface area contributed by atoms with Gasteiger partial charge in [0.15, 0.2) is 0 Å². The molecule has 0 atom stereocenters. The van der Waals surface area contributed by atoms with Crippen LogP contribution < -0.4 is 5.32 Å². The van der Waals surface area contributed by atoms with Gasteiger partial charge in [0.2, 0.25) is 5.91 Å². The van der Waals surface area contributed by atoms with Crippen molar-refractivity contribution in [1.29, 1.82) is 0 Å². The number of esters is 1. The fourth-order valence-electron chi connectivity index (χ4n) is 2.72. The Morgan fingerprint density at radius 3 is 2.57 bits per heavy atom. The largest absolute Gasteiger partial charge is 0.465 e. The fraction of sp³-hybridized carbons (Fsp3) is 0.600. The van der Waals surface area contributed by atoms with Gasteiger partial charge < -0.3 is 10.1 Å². The van der Waals surface area contributed by atoms with E-state index in [2.05, 4.69) is 10.2 Å². The highest BCUT2D eigenvalue weighted by atomic mass is 32.1. The molecule has 1 aromatic heterocycles. The van der Waals surface area contributed by atoms with E-state index in [0.717, 1.165) is 42.8 Å². The van der Waals surface area contributed by atoms with Crippen LogP contribution in [-0.4, -0.2) is 43.5 Å². The number of carbonyl (C=O) groups is 2. The summed E-state index contributed by atoms with van der Waals surface area (Å²) in [7, 11) is 1.37. The lowest BCUT2D eigenvalue weighted by molar-refractivity contribution is -0.117. The van der Waals surface area contributed by atoms with Gasteiger partial charge >= 0.3 is 5.97 Å². The van der Waals surface area contributed by atoms with Crippen molar-refractivity contribution >= 4 is 28.2 Å². The Hall–Kier alpha value is -1.40. The fourth-order valence-corrected chi connectivity index (χ4v) is 3.87. The van der Waals surface area contributed by atoms with E-state index in [9.17, 15) is 9.59 Å². The molecule has 1 aromatic rings. The third kappa shape index (κ3) is 3.63. The van der Waals surface area contributed by atoms with Crippen molar-refractivity contribution in [1.82, 2.24) is 4.90 Å². The molecular weight excluding hydrogens is 288 g/mol. The summed E-state index contributed by atoms with van der Waals surface area (Å²) in [6.45, 7) is 6.30. The molecule has 21 heavy (non-hydrogen) atoms. The van der Waals surface area contributed by atoms with Gasteiger partial charge in [-0.25, -0.2) is 4.79 Å². The van der Waals surface area contributed by atoms with Crippen LogP contribution in [0, 0.1) is 6.92 Å². The Morgan fingerprint density at radius 1 is 1.33 bits per heavy atom. The number of rotatable bonds is 5. The zero-order valence-electron chi connectivity index (χ0n) is 12.8. The zero-order chi connectivity index (χ0) is 15.4. The number of anilines is 1. The van der Waals surface area contributed by atoms with E-state index in [1.807, 2.05) is 13.8 Å². The molecule has 0 aromatic carbocycles. The number of amides is 1. The summed E-state index contributed by atoms with van der Waals surface area (Å²) in [6, 6.07) is 0. The minimum absolute atomic E-state index is 0.0639. The Morgan fingerprint density at radius 2 is 2.00 bits per heavy atom. The van der Waals surface area contributed by atoms with Crippen molar-refractivity contribution in [2.45, 2.75) is 33.1 Å². The van der Waals surface area contributed by atoms with Crippen LogP contribution in [0.3, 0.4) is 0 Å². The van der Waals surface area contributed by atoms with Crippen LogP contribution in [0.1, 0.15) is 40.6 Å². The molecule has 0 bridgehead atoms. The maximum absolute atomic E-state index is 12.1. The monoisotopic (exact) mass is 310 g/mol. The standard InChI is InChI=1S/C15H22N2O3S/c1-4-11-10(2)21-14(13(11)15(19)20-3)16-12(18)9-17-7-5-6-8-17/h4-9H2,1-3H3,(H,16,18). The molecular formula is C15H22N2O3S. The Kier molecular flexibility index (Phi) is 5.36. The van der Waals surface area contributed by atoms with Gasteiger partial charge in [0.05, 0.1) is 19.2 Å². The third-order valence-corrected chi connectivity index (χ3v) is 4.83. The minimum Gasteiger partial charge on any atom is -0.465 e. The average Bonchev–Trinajstić information content (AvgIpc) is 3.05. The van der Waals surface area contributed by atoms with Crippen LogP contribution in [0.2, 0.25) is 0 Å². The molecule has 0 unspecified atom stereocenters. The molecule has 1 N–H and O–H groups in total. The minimum atomic E-state index is -0.382. The van der Waals surface area contributed by atoms with Gasteiger partial charge in [-0.1, -0.05) is 6.92 Å². The van der Waals surface area contributed by atoms with E-state index < -0.39 is 0 Å². The molecule has 2 rings (SSSR count). The van der Waals surface area contributed by atoms with Gasteiger partial charge in [0.25, 0.3) is 0 Å². The second-order valence-electron chi connectivity index (χ2n) is 5.22. The summed E-state index contributed by atoms with van der Waals surface area (Å²) in [4.78, 5) is 27.3. The first-order chi connectivity index (χ1) is 10.1. The molecule has 6 heteroatoms. The second kappa shape index (κ2) is 7.04. The summed E-state index contributed by atoms with van der Waals surface area (Å²) in [5.41, 5.74) is 1.47. The number of aryl methyl sites for hydroxylation is 1. The molecule has 1 saturated heterocycles. The van der Waals surface area contributed by atoms with Gasteiger partial charge in [-0.3, -0.25) is 9.69 Å². The Bertz CT molecular complexity index is 533. The normalized spacial score (nSPS) is 15.2. The van der Waals surface area contributed by atoms with Crippen molar-refractivity contribution in [3.63, 3.8) is 0 Å². The number of likely N-dealkylation sites (tertiary alicyclic amines) is 1. The van der Waals surface area contributed by atoms with Crippen molar-refractivity contribution in [3.8, 4) is 0 Å². The SMILES string of the molecule is CCc1c(C)sc(NC(=O)CN2CCCC2)c1C(=O)OC. The maximum Gasteiger partial charge on any atom is 0.341 e. The van der Waals surface area contributed by atoms with E-state index in [4.69, 9.17) is 4.74 Å². The van der Waals surface area contributed by atoms with Crippen LogP contribution >= 0.6 is 11.3 Å². The summed E-state index contributed by atoms with van der Waals surface area (Å²) in [5.74, 6) is -0.446. The van der Waals surface area contributed by atoms with Gasteiger partial charge in [0.1, 0.15) is 5.00 Å². The predicted octanol–water partition coefficient (Wildman–Crippen LogP) is 2.44. The van der Waals surface area contributed by atoms with E-state index >= 15 is 0 Å². The number of hydrogen-bond donors (Lipinski definition) is 1. The second-order valence-corrected chi connectivity index (χ2v) is 6.44. The molecule has 1 aliphatic heterocycles. The molecule has 1 amide bonds. The van der Waals surface area contributed by atoms with Crippen LogP contribution in [0.5, 0.6) is 0 Å². The molecule has 0 saturated carbocycles. The number of ether oxygens (including phenoxy) is 1. The highest BCUT2D eigenvalue weighted by Crippen LogP contribution is 2.34. The Labute approximate surface area is 129 Å². The van der Waals surface area contributed by atoms with Crippen molar-refractivity contribution < 1.29 is 14.3 Å². The van der Waals surface area contributed by atoms with E-state index in [1.165, 1.54) is 18.4 Å². The summed E-state index contributed by atoms with van der Waals surface area (Å²) >= 11 is 1.44. The van der Waals surface area contributed by atoms with Gasteiger partial charge in [-0.2, -0.15) is 0 Å². The first-order valence-corrected chi connectivity index (χ1v) is 8.11. The maximum atomic E-state index is 12.1. The van der Waals surface area contributed by atoms with Crippen molar-refractivity contribution in [3.05, 3.63) is 16.0 Å². The topological polar surface area (TPSA) is 58.6 Å². The van der Waals surface area contributed by atoms with E-state index in [1.54, 1.807) is 0 Å². The molecule has 2 heterocycles. The summed E-state index contributed by atoms with van der Waals surface area (Å²) in [5, 5.41) is 3.50. The first-order valence-electron chi connectivity index (χ1n) is 7.29. The van der Waals surface area contributed by atoms with Crippen molar-refractivity contribution in [2.75, 3.05) is 32.1 Å². The highest BCUT2D eigenvalue weighted by molar-refractivity contribution is 7.16. The van der Waals surface area contributed by atoms with Crippen LogP contribution in [0.15, 0.2) is 0 Å². The summed E-state index contributed by atoms with van der Waals surface area (Å²) < 4.78 is 4.85. The number of methoxy groups -OCH3 is 1. The van der Waals surface area contributed by atoms with Crippen LogP contribution in [-0.2, 0) is 16.0 Å². The van der Waals surface area contributed by atoms with Gasteiger partial charge in [0, 0.05) is 4.88 Å². The molecule has 0 spiro atoms. The number of hydrogen-bond acceptors (Lipinski definition) is 5. The lowest BCUT2D eigenvalue weighted by Gasteiger charge is -2.14. The molecule has 1 aliphatic rings. The first kappa shape index (κ1) is 16.0. The molecule has 5 nitrogen and oxygen atoms in total. The summed E-state index contributed by atoms with van der Waals surface area (Å²) in [6.07, 6.45) is 3.05. The number of carbonyl (C=O) groups excluding carboxylic acids is 2. The number of nitrogens with zero attached hydrogens (tertiary/aromatic N) is 1. The van der Waals surface area contributed by atoms with E-state index in [0.29, 0.717) is 17.1 Å². The lowest BCUT2D eigenvalue weighted by Crippen LogP contribution is -2.31. The van der Waals surface area contributed by atoms with Gasteiger partial charge in [-0.15, -0.1) is 11.3 Å². The smallest absolute Gasteiger partial charge is 0.341 e. The van der Waals surface area contributed by atoms with Crippen LogP contribution in [0.4, 0.5) is 5.00 Å². The van der Waals surface area contributed by atoms with Crippen molar-refractivity contribution in [2.24, 2.45) is 0 Å². The zero-order valence-corrected chi connectivity index (χ0v) is 13.6. The Balaban J connectivity index is 2.14. The quantitative estimate of drug-likeness (QED) is 0.849. The number of nitrogens with one attached hydrogen (secondary N) is 1. The molecule has 0 radical (unpaired) electrons. The molecule has 0 aliphatic carbocycles. The highest BCUT2D eigenvalue weighted by Gasteiger charge is 2.23. The number of thiophene rings is 1. The average molecular weight is 310 g/mol. The molecule has 1 fully saturated rings. The van der Waals surface area contributed by atoms with Gasteiger partial charge in [-0.05, 0) is 44.8 Å². The lowest BCUT2D eigenvalue weighted by atomic mass is 10.1.